The minimum Gasteiger partial charge on any atom is -0.507 e. The highest BCUT2D eigenvalue weighted by molar-refractivity contribution is 5.89. The van der Waals surface area contributed by atoms with Crippen molar-refractivity contribution in [1.82, 2.24) is 14.7 Å². The van der Waals surface area contributed by atoms with Crippen LogP contribution in [-0.2, 0) is 0 Å². The molecule has 2 aliphatic heterocycles. The van der Waals surface area contributed by atoms with Crippen molar-refractivity contribution in [3.63, 3.8) is 0 Å². The van der Waals surface area contributed by atoms with Gasteiger partial charge in [0.05, 0.1) is 20.2 Å². The number of rotatable bonds is 7. The van der Waals surface area contributed by atoms with E-state index in [2.05, 4.69) is 65.1 Å². The van der Waals surface area contributed by atoms with Gasteiger partial charge in [0.1, 0.15) is 11.5 Å². The number of likely N-dealkylation sites (N-methyl/N-ethyl adjacent to an activating group) is 1. The summed E-state index contributed by atoms with van der Waals surface area (Å²) in [5.41, 5.74) is 3.70. The van der Waals surface area contributed by atoms with Crippen LogP contribution in [0.2, 0.25) is 0 Å². The Morgan fingerprint density at radius 3 is 2.16 bits per heavy atom. The van der Waals surface area contributed by atoms with Crippen LogP contribution in [0.25, 0.3) is 0 Å². The Kier molecular flexibility index (Phi) is 9.55. The predicted molar refractivity (Wildman–Crippen MR) is 170 cm³/mol. The number of carbonyl (C=O) groups excluding carboxylic acids is 1. The average Bonchev–Trinajstić information content (AvgIpc) is 3.03. The number of methoxy groups -OCH3 is 1. The molecule has 1 fully saturated rings. The van der Waals surface area contributed by atoms with Gasteiger partial charge in [-0.3, -0.25) is 4.90 Å². The Balaban J connectivity index is 1.41. The van der Waals surface area contributed by atoms with E-state index in [9.17, 15) is 15.0 Å². The summed E-state index contributed by atoms with van der Waals surface area (Å²) in [6.45, 7) is 7.51. The molecule has 0 spiro atoms. The monoisotopic (exact) mass is 580 g/mol. The zero-order chi connectivity index (χ0) is 30.3. The zero-order valence-corrected chi connectivity index (χ0v) is 25.0. The number of nitrogens with one attached hydrogen (secondary N) is 1. The highest BCUT2D eigenvalue weighted by Gasteiger charge is 2.51. The van der Waals surface area contributed by atoms with Crippen molar-refractivity contribution >= 4 is 11.7 Å². The molecule has 5 rings (SSSR count). The number of hydrogen-bond donors (Lipinski definition) is 3. The normalized spacial score (nSPS) is 22.0. The summed E-state index contributed by atoms with van der Waals surface area (Å²) >= 11 is 0. The summed E-state index contributed by atoms with van der Waals surface area (Å²) in [7, 11) is 1.59. The topological polar surface area (TPSA) is 88.5 Å². The number of anilines is 1. The Morgan fingerprint density at radius 2 is 1.53 bits per heavy atom. The molecule has 0 unspecified atom stereocenters. The van der Waals surface area contributed by atoms with Crippen LogP contribution in [0, 0.1) is 11.8 Å². The molecule has 8 heteroatoms. The molecular weight excluding hydrogens is 540 g/mol. The zero-order valence-electron chi connectivity index (χ0n) is 25.0. The molecule has 8 nitrogen and oxygen atoms in total. The maximum atomic E-state index is 13.5. The number of ether oxygens (including phenoxy) is 1. The fourth-order valence-electron chi connectivity index (χ4n) is 5.99. The van der Waals surface area contributed by atoms with Gasteiger partial charge in [0.25, 0.3) is 0 Å². The highest BCUT2D eigenvalue weighted by Crippen LogP contribution is 2.43. The van der Waals surface area contributed by atoms with Crippen LogP contribution < -0.4 is 10.1 Å². The number of fused-ring (bicyclic) bond motifs is 1. The quantitative estimate of drug-likeness (QED) is 0.322. The average molecular weight is 581 g/mol. The van der Waals surface area contributed by atoms with Gasteiger partial charge in [0, 0.05) is 47.9 Å². The molecule has 0 saturated carbocycles. The first-order valence-corrected chi connectivity index (χ1v) is 14.8. The van der Waals surface area contributed by atoms with E-state index in [0.717, 1.165) is 30.8 Å². The second kappa shape index (κ2) is 13.7. The van der Waals surface area contributed by atoms with Gasteiger partial charge < -0.3 is 30.1 Å². The molecule has 2 heterocycles. The molecule has 43 heavy (non-hydrogen) atoms. The molecule has 3 aromatic rings. The number of urea groups is 1. The third-order valence-corrected chi connectivity index (χ3v) is 8.48. The van der Waals surface area contributed by atoms with Crippen molar-refractivity contribution in [1.29, 1.82) is 0 Å². The van der Waals surface area contributed by atoms with E-state index in [4.69, 9.17) is 4.74 Å². The SMILES string of the molecule is CCN(CC)C[C@@H]1[C@H](c2ccc(C#Cc3ccccc3)cc2)[C@@H]2CN(C(=O)Nc3ccc(OC)cc3)C/C(O)=C(/O)CN12. The largest absolute Gasteiger partial charge is 0.507 e. The van der Waals surface area contributed by atoms with Crippen LogP contribution in [0.3, 0.4) is 0 Å². The van der Waals surface area contributed by atoms with E-state index in [-0.39, 0.29) is 48.6 Å². The van der Waals surface area contributed by atoms with Gasteiger partial charge in [-0.1, -0.05) is 56.0 Å². The molecule has 0 radical (unpaired) electrons. The number of hydrogen-bond acceptors (Lipinski definition) is 6. The highest BCUT2D eigenvalue weighted by atomic mass is 16.5. The van der Waals surface area contributed by atoms with E-state index in [0.29, 0.717) is 18.0 Å². The Morgan fingerprint density at radius 1 is 0.907 bits per heavy atom. The van der Waals surface area contributed by atoms with Gasteiger partial charge in [-0.05, 0) is 67.2 Å². The van der Waals surface area contributed by atoms with E-state index < -0.39 is 0 Å². The van der Waals surface area contributed by atoms with Gasteiger partial charge in [0.15, 0.2) is 5.76 Å². The van der Waals surface area contributed by atoms with Crippen molar-refractivity contribution in [3.8, 4) is 17.6 Å². The second-order valence-corrected chi connectivity index (χ2v) is 11.0. The number of benzene rings is 3. The molecule has 224 valence electrons. The first kappa shape index (κ1) is 30.0. The summed E-state index contributed by atoms with van der Waals surface area (Å²) in [6.07, 6.45) is 0. The maximum absolute atomic E-state index is 13.5. The molecule has 0 bridgehead atoms. The van der Waals surface area contributed by atoms with Crippen LogP contribution in [0.5, 0.6) is 5.75 Å². The third kappa shape index (κ3) is 6.96. The van der Waals surface area contributed by atoms with Gasteiger partial charge in [-0.2, -0.15) is 0 Å². The fourth-order valence-corrected chi connectivity index (χ4v) is 5.99. The molecule has 3 atom stereocenters. The van der Waals surface area contributed by atoms with Gasteiger partial charge in [-0.25, -0.2) is 4.79 Å². The van der Waals surface area contributed by atoms with Crippen molar-refractivity contribution in [2.45, 2.75) is 31.8 Å². The standard InChI is InChI=1S/C35H40N4O4/c1-4-37(5-2)21-30-34(27-15-13-26(14-16-27)12-11-25-9-7-6-8-10-25)31-22-38(23-32(40)33(41)24-39(30)31)35(42)36-28-17-19-29(43-3)20-18-28/h6-10,13-20,30-31,34,40-41H,4-5,21-24H2,1-3H3,(H,36,42)/b33-32-/t30-,31+,34+/m1/s1. The lowest BCUT2D eigenvalue weighted by molar-refractivity contribution is -0.0458. The summed E-state index contributed by atoms with van der Waals surface area (Å²) in [6, 6.07) is 25.1. The minimum atomic E-state index is -0.344. The number of aliphatic hydroxyl groups is 2. The fraction of sp³-hybridized carbons (Fsp3) is 0.343. The van der Waals surface area contributed by atoms with Gasteiger partial charge in [-0.15, -0.1) is 0 Å². The molecule has 2 amide bonds. The van der Waals surface area contributed by atoms with Crippen molar-refractivity contribution < 1.29 is 19.7 Å². The molecule has 0 aliphatic carbocycles. The first-order chi connectivity index (χ1) is 20.9. The predicted octanol–water partition coefficient (Wildman–Crippen LogP) is 5.45. The smallest absolute Gasteiger partial charge is 0.322 e. The summed E-state index contributed by atoms with van der Waals surface area (Å²) in [5.74, 6) is 7.02. The third-order valence-electron chi connectivity index (χ3n) is 8.48. The van der Waals surface area contributed by atoms with Crippen LogP contribution in [0.4, 0.5) is 10.5 Å². The number of amides is 2. The summed E-state index contributed by atoms with van der Waals surface area (Å²) < 4.78 is 5.22. The molecule has 0 aromatic heterocycles. The summed E-state index contributed by atoms with van der Waals surface area (Å²) in [4.78, 5) is 19.6. The first-order valence-electron chi connectivity index (χ1n) is 14.8. The number of carbonyl (C=O) groups is 1. The molecular formula is C35H40N4O4. The summed E-state index contributed by atoms with van der Waals surface area (Å²) in [5, 5.41) is 24.5. The molecule has 2 aliphatic rings. The van der Waals surface area contributed by atoms with E-state index in [1.807, 2.05) is 30.3 Å². The second-order valence-electron chi connectivity index (χ2n) is 11.0. The van der Waals surface area contributed by atoms with E-state index in [1.165, 1.54) is 5.56 Å². The van der Waals surface area contributed by atoms with Crippen molar-refractivity contribution in [2.24, 2.45) is 0 Å². The Hall–Kier alpha value is -4.45. The molecule has 1 saturated heterocycles. The van der Waals surface area contributed by atoms with E-state index in [1.54, 1.807) is 36.3 Å². The molecule has 3 aromatic carbocycles. The lowest BCUT2D eigenvalue weighted by Gasteiger charge is -2.58. The molecule has 3 N–H and O–H groups in total. The Labute approximate surface area is 254 Å². The minimum absolute atomic E-state index is 0.0429. The van der Waals surface area contributed by atoms with E-state index >= 15 is 0 Å². The van der Waals surface area contributed by atoms with Crippen LogP contribution >= 0.6 is 0 Å². The lowest BCUT2D eigenvalue weighted by Crippen LogP contribution is -2.69. The van der Waals surface area contributed by atoms with Crippen LogP contribution in [0.1, 0.15) is 36.5 Å². The Bertz CT molecular complexity index is 1470. The van der Waals surface area contributed by atoms with Crippen molar-refractivity contribution in [3.05, 3.63) is 107 Å². The number of nitrogens with zero attached hydrogens (tertiary/aromatic N) is 3. The van der Waals surface area contributed by atoms with Crippen molar-refractivity contribution in [2.75, 3.05) is 51.7 Å². The number of aliphatic hydroxyl groups excluding tert-OH is 2. The van der Waals surface area contributed by atoms with Crippen LogP contribution in [-0.4, -0.2) is 89.4 Å². The van der Waals surface area contributed by atoms with Gasteiger partial charge >= 0.3 is 6.03 Å². The maximum Gasteiger partial charge on any atom is 0.322 e. The van der Waals surface area contributed by atoms with Crippen LogP contribution in [0.15, 0.2) is 90.4 Å². The van der Waals surface area contributed by atoms with Gasteiger partial charge in [0.2, 0.25) is 0 Å². The lowest BCUT2D eigenvalue weighted by atomic mass is 9.73.